The lowest BCUT2D eigenvalue weighted by Crippen LogP contribution is -2.29. The molecule has 2 aromatic heterocycles. The Morgan fingerprint density at radius 1 is 1.40 bits per heavy atom. The predicted molar refractivity (Wildman–Crippen MR) is 90.4 cm³/mol. The molecular weight excluding hydrogens is 322 g/mol. The van der Waals surface area contributed by atoms with E-state index in [2.05, 4.69) is 15.5 Å². The number of hydrogen-bond donors (Lipinski definition) is 1. The van der Waals surface area contributed by atoms with Gasteiger partial charge in [-0.1, -0.05) is 5.16 Å². The molecule has 1 aliphatic heterocycles. The van der Waals surface area contributed by atoms with Gasteiger partial charge in [0.2, 0.25) is 0 Å². The first-order valence-corrected chi connectivity index (χ1v) is 8.61. The third-order valence-electron chi connectivity index (χ3n) is 4.08. The Morgan fingerprint density at radius 3 is 3.08 bits per heavy atom. The van der Waals surface area contributed by atoms with E-state index in [1.165, 1.54) is 6.42 Å². The molecule has 1 fully saturated rings. The highest BCUT2D eigenvalue weighted by atomic mass is 16.5. The van der Waals surface area contributed by atoms with E-state index < -0.39 is 0 Å². The van der Waals surface area contributed by atoms with E-state index in [0.717, 1.165) is 31.6 Å². The zero-order valence-corrected chi connectivity index (χ0v) is 14.4. The summed E-state index contributed by atoms with van der Waals surface area (Å²) in [6.45, 7) is 3.49. The number of aromatic nitrogens is 2. The molecule has 134 valence electrons. The van der Waals surface area contributed by atoms with Crippen LogP contribution in [0.2, 0.25) is 0 Å². The van der Waals surface area contributed by atoms with Gasteiger partial charge in [-0.3, -0.25) is 9.78 Å². The summed E-state index contributed by atoms with van der Waals surface area (Å²) in [5.74, 6) is 0.879. The number of hydrogen-bond acceptors (Lipinski definition) is 6. The number of aryl methyl sites for hydroxylation is 1. The minimum atomic E-state index is -0.247. The van der Waals surface area contributed by atoms with E-state index in [1.807, 2.05) is 19.1 Å². The van der Waals surface area contributed by atoms with Crippen LogP contribution in [0, 0.1) is 6.92 Å². The van der Waals surface area contributed by atoms with Crippen molar-refractivity contribution in [3.05, 3.63) is 41.5 Å². The van der Waals surface area contributed by atoms with Crippen molar-refractivity contribution in [2.24, 2.45) is 0 Å². The number of pyridine rings is 1. The van der Waals surface area contributed by atoms with Crippen LogP contribution in [0.25, 0.3) is 0 Å². The van der Waals surface area contributed by atoms with Gasteiger partial charge in [-0.15, -0.1) is 0 Å². The number of ether oxygens (including phenoxy) is 2. The Balaban J connectivity index is 1.42. The lowest BCUT2D eigenvalue weighted by atomic mass is 10.1. The summed E-state index contributed by atoms with van der Waals surface area (Å²) >= 11 is 0. The molecule has 7 nitrogen and oxygen atoms in total. The molecule has 3 rings (SSSR count). The van der Waals surface area contributed by atoms with Gasteiger partial charge in [-0.05, 0) is 44.7 Å². The average Bonchev–Trinajstić information content (AvgIpc) is 3.11. The maximum atomic E-state index is 12.1. The quantitative estimate of drug-likeness (QED) is 0.830. The van der Waals surface area contributed by atoms with Gasteiger partial charge < -0.3 is 19.3 Å². The molecule has 0 aromatic carbocycles. The first kappa shape index (κ1) is 17.4. The zero-order valence-electron chi connectivity index (χ0n) is 14.4. The van der Waals surface area contributed by atoms with Crippen LogP contribution in [0.1, 0.15) is 47.6 Å². The summed E-state index contributed by atoms with van der Waals surface area (Å²) in [5, 5.41) is 6.64. The molecule has 25 heavy (non-hydrogen) atoms. The van der Waals surface area contributed by atoms with Crippen molar-refractivity contribution in [2.75, 3.05) is 13.2 Å². The number of nitrogens with zero attached hydrogens (tertiary/aromatic N) is 2. The van der Waals surface area contributed by atoms with Crippen LogP contribution in [0.3, 0.4) is 0 Å². The number of carbonyl (C=O) groups is 1. The molecule has 0 radical (unpaired) electrons. The lowest BCUT2D eigenvalue weighted by Gasteiger charge is -2.22. The monoisotopic (exact) mass is 345 g/mol. The fourth-order valence-corrected chi connectivity index (χ4v) is 2.65. The van der Waals surface area contributed by atoms with Crippen LogP contribution in [0.15, 0.2) is 28.9 Å². The van der Waals surface area contributed by atoms with Crippen molar-refractivity contribution in [3.63, 3.8) is 0 Å². The number of carbonyl (C=O) groups excluding carboxylic acids is 1. The highest BCUT2D eigenvalue weighted by Crippen LogP contribution is 2.15. The lowest BCUT2D eigenvalue weighted by molar-refractivity contribution is 0.0117. The summed E-state index contributed by atoms with van der Waals surface area (Å²) in [7, 11) is 0. The number of rotatable bonds is 7. The Hall–Kier alpha value is -2.41. The number of amides is 1. The Bertz CT molecular complexity index is 678. The third kappa shape index (κ3) is 5.29. The molecule has 1 aliphatic rings. The van der Waals surface area contributed by atoms with Gasteiger partial charge in [-0.2, -0.15) is 0 Å². The van der Waals surface area contributed by atoms with Crippen molar-refractivity contribution >= 4 is 5.91 Å². The Kier molecular flexibility index (Phi) is 6.00. The van der Waals surface area contributed by atoms with Crippen molar-refractivity contribution in [1.29, 1.82) is 0 Å². The van der Waals surface area contributed by atoms with E-state index in [0.29, 0.717) is 18.1 Å². The minimum Gasteiger partial charge on any atom is -0.484 e. The van der Waals surface area contributed by atoms with Gasteiger partial charge in [-0.25, -0.2) is 0 Å². The predicted octanol–water partition coefficient (Wildman–Crippen LogP) is 2.65. The highest BCUT2D eigenvalue weighted by Gasteiger charge is 2.16. The van der Waals surface area contributed by atoms with Crippen LogP contribution < -0.4 is 10.1 Å². The van der Waals surface area contributed by atoms with E-state index in [1.54, 1.807) is 12.3 Å². The van der Waals surface area contributed by atoms with Crippen LogP contribution in [0.5, 0.6) is 5.75 Å². The summed E-state index contributed by atoms with van der Waals surface area (Å²) in [4.78, 5) is 16.2. The fourth-order valence-electron chi connectivity index (χ4n) is 2.65. The Labute approximate surface area is 146 Å². The molecule has 0 bridgehead atoms. The largest absolute Gasteiger partial charge is 0.484 e. The van der Waals surface area contributed by atoms with Crippen LogP contribution in [-0.2, 0) is 11.3 Å². The molecule has 0 aliphatic carbocycles. The zero-order chi connectivity index (χ0) is 17.5. The third-order valence-corrected chi connectivity index (χ3v) is 4.08. The van der Waals surface area contributed by atoms with Gasteiger partial charge in [0.15, 0.2) is 11.5 Å². The minimum absolute atomic E-state index is 0.195. The van der Waals surface area contributed by atoms with Gasteiger partial charge in [0.25, 0.3) is 5.91 Å². The SMILES string of the molecule is Cc1ccc(OCc2cc(C(=O)NCC[C@H]3CCCCO3)no2)cn1. The topological polar surface area (TPSA) is 86.5 Å². The van der Waals surface area contributed by atoms with E-state index in [-0.39, 0.29) is 24.3 Å². The second-order valence-electron chi connectivity index (χ2n) is 6.14. The van der Waals surface area contributed by atoms with Crippen LogP contribution in [0.4, 0.5) is 0 Å². The second-order valence-corrected chi connectivity index (χ2v) is 6.14. The average molecular weight is 345 g/mol. The first-order chi connectivity index (χ1) is 12.2. The first-order valence-electron chi connectivity index (χ1n) is 8.61. The standard InChI is InChI=1S/C18H23N3O4/c1-13-5-6-15(11-20-13)24-12-16-10-17(21-25-16)18(22)19-8-7-14-4-2-3-9-23-14/h5-6,10-11,14H,2-4,7-9,12H2,1H3,(H,19,22)/t14-/m1/s1. The molecule has 1 saturated heterocycles. The van der Waals surface area contributed by atoms with E-state index in [4.69, 9.17) is 14.0 Å². The van der Waals surface area contributed by atoms with Crippen molar-refractivity contribution < 1.29 is 18.8 Å². The summed E-state index contributed by atoms with van der Waals surface area (Å²) in [6.07, 6.45) is 6.10. The molecule has 1 amide bonds. The molecule has 0 unspecified atom stereocenters. The Morgan fingerprint density at radius 2 is 2.32 bits per heavy atom. The molecule has 1 N–H and O–H groups in total. The molecule has 3 heterocycles. The van der Waals surface area contributed by atoms with Crippen molar-refractivity contribution in [2.45, 2.75) is 45.3 Å². The van der Waals surface area contributed by atoms with Gasteiger partial charge >= 0.3 is 0 Å². The van der Waals surface area contributed by atoms with Crippen LogP contribution in [-0.4, -0.2) is 35.3 Å². The summed E-state index contributed by atoms with van der Waals surface area (Å²) in [5.41, 5.74) is 1.18. The van der Waals surface area contributed by atoms with Crippen molar-refractivity contribution in [1.82, 2.24) is 15.5 Å². The van der Waals surface area contributed by atoms with Crippen molar-refractivity contribution in [3.8, 4) is 5.75 Å². The molecule has 7 heteroatoms. The molecule has 0 saturated carbocycles. The fraction of sp³-hybridized carbons (Fsp3) is 0.500. The van der Waals surface area contributed by atoms with Gasteiger partial charge in [0.1, 0.15) is 12.4 Å². The number of nitrogens with one attached hydrogen (secondary N) is 1. The molecule has 0 spiro atoms. The molecular formula is C18H23N3O4. The van der Waals surface area contributed by atoms with Gasteiger partial charge in [0, 0.05) is 24.9 Å². The summed E-state index contributed by atoms with van der Waals surface area (Å²) in [6, 6.07) is 5.29. The second kappa shape index (κ2) is 8.62. The van der Waals surface area contributed by atoms with Crippen LogP contribution >= 0.6 is 0 Å². The maximum Gasteiger partial charge on any atom is 0.273 e. The van der Waals surface area contributed by atoms with Gasteiger partial charge in [0.05, 0.1) is 12.3 Å². The smallest absolute Gasteiger partial charge is 0.273 e. The maximum absolute atomic E-state index is 12.1. The normalized spacial score (nSPS) is 17.2. The summed E-state index contributed by atoms with van der Waals surface area (Å²) < 4.78 is 16.3. The van der Waals surface area contributed by atoms with E-state index in [9.17, 15) is 4.79 Å². The molecule has 2 aromatic rings. The highest BCUT2D eigenvalue weighted by molar-refractivity contribution is 5.92. The molecule has 1 atom stereocenters. The van der Waals surface area contributed by atoms with E-state index >= 15 is 0 Å².